The Balaban J connectivity index is 1.33. The number of hydrogen-bond acceptors (Lipinski definition) is 8. The number of ether oxygens (including phenoxy) is 1. The number of anilines is 2. The Morgan fingerprint density at radius 3 is 1.80 bits per heavy atom. The van der Waals surface area contributed by atoms with Gasteiger partial charge in [-0.05, 0) is 66.9 Å². The second kappa shape index (κ2) is 9.11. The molecule has 1 saturated heterocycles. The van der Waals surface area contributed by atoms with Crippen molar-refractivity contribution in [2.24, 2.45) is 0 Å². The van der Waals surface area contributed by atoms with Gasteiger partial charge < -0.3 is 14.5 Å². The molecule has 178 valence electrons. The number of aromatic nitrogens is 2. The third-order valence-electron chi connectivity index (χ3n) is 6.25. The van der Waals surface area contributed by atoms with Gasteiger partial charge in [0.1, 0.15) is 5.75 Å². The Kier molecular flexibility index (Phi) is 5.80. The summed E-state index contributed by atoms with van der Waals surface area (Å²) >= 11 is 3.53. The van der Waals surface area contributed by atoms with Crippen LogP contribution in [0.1, 0.15) is 16.7 Å². The van der Waals surface area contributed by atoms with Gasteiger partial charge in [-0.3, -0.25) is 4.90 Å². The van der Waals surface area contributed by atoms with Gasteiger partial charge in [-0.15, -0.1) is 0 Å². The normalized spacial score (nSPS) is 14.8. The first-order chi connectivity index (χ1) is 17.0. The van der Waals surface area contributed by atoms with E-state index in [1.807, 2.05) is 12.1 Å². The van der Waals surface area contributed by atoms with Gasteiger partial charge >= 0.3 is 0 Å². The zero-order chi connectivity index (χ0) is 23.9. The number of methoxy groups -OCH3 is 1. The zero-order valence-electron chi connectivity index (χ0n) is 20.1. The molecule has 1 aliphatic rings. The Morgan fingerprint density at radius 2 is 1.29 bits per heavy atom. The van der Waals surface area contributed by atoms with Crippen LogP contribution in [0.15, 0.2) is 60.7 Å². The number of aryl methyl sites for hydroxylation is 2. The van der Waals surface area contributed by atoms with Crippen molar-refractivity contribution in [1.82, 2.24) is 14.9 Å². The Morgan fingerprint density at radius 1 is 0.743 bits per heavy atom. The average Bonchev–Trinajstić information content (AvgIpc) is 3.48. The summed E-state index contributed by atoms with van der Waals surface area (Å²) in [5.74, 6) is 0.880. The van der Waals surface area contributed by atoms with Gasteiger partial charge in [0, 0.05) is 6.54 Å². The molecular weight excluding hydrogens is 474 g/mol. The van der Waals surface area contributed by atoms with E-state index in [0.29, 0.717) is 0 Å². The fraction of sp³-hybridized carbons (Fsp3) is 0.259. The molecule has 0 N–H and O–H groups in total. The molecule has 0 saturated carbocycles. The summed E-state index contributed by atoms with van der Waals surface area (Å²) in [4.78, 5) is 17.1. The zero-order valence-corrected chi connectivity index (χ0v) is 21.7. The summed E-state index contributed by atoms with van der Waals surface area (Å²) in [5, 5.41) is 2.10. The molecule has 2 aromatic heterocycles. The molecule has 0 aliphatic carbocycles. The number of fused-ring (bicyclic) bond motifs is 2. The van der Waals surface area contributed by atoms with E-state index in [1.54, 1.807) is 29.8 Å². The molecule has 0 unspecified atom stereocenters. The standard InChI is InChI=1S/C27H27N5OS2/c1-18-4-10-22-24(12-18)34-26(28-22)31-15-30(14-20-6-8-21(33-3)9-7-20)16-32(17-31)27-29-23-11-5-19(2)13-25(23)35-27/h4-13H,14-17H2,1-3H3. The SMILES string of the molecule is COc1ccc(CN2CN(c3nc4ccc(C)cc4s3)CN(c3nc4ccc(C)cc4s3)C2)cc1. The van der Waals surface area contributed by atoms with Gasteiger partial charge in [0.15, 0.2) is 10.3 Å². The summed E-state index contributed by atoms with van der Waals surface area (Å²) in [7, 11) is 1.70. The van der Waals surface area contributed by atoms with Crippen LogP contribution in [0.2, 0.25) is 0 Å². The van der Waals surface area contributed by atoms with Crippen LogP contribution in [0.5, 0.6) is 5.75 Å². The second-order valence-electron chi connectivity index (χ2n) is 9.12. The first-order valence-corrected chi connectivity index (χ1v) is 13.3. The molecular formula is C27H27N5OS2. The van der Waals surface area contributed by atoms with Crippen molar-refractivity contribution in [1.29, 1.82) is 0 Å². The van der Waals surface area contributed by atoms with E-state index in [9.17, 15) is 0 Å². The minimum Gasteiger partial charge on any atom is -0.497 e. The molecule has 3 aromatic carbocycles. The lowest BCUT2D eigenvalue weighted by Gasteiger charge is -2.42. The highest BCUT2D eigenvalue weighted by molar-refractivity contribution is 7.22. The topological polar surface area (TPSA) is 44.7 Å². The van der Waals surface area contributed by atoms with E-state index in [-0.39, 0.29) is 0 Å². The highest BCUT2D eigenvalue weighted by Crippen LogP contribution is 2.34. The fourth-order valence-corrected chi connectivity index (χ4v) is 6.56. The molecule has 1 fully saturated rings. The maximum absolute atomic E-state index is 5.34. The van der Waals surface area contributed by atoms with Crippen LogP contribution < -0.4 is 14.5 Å². The Hall–Kier alpha value is -3.20. The summed E-state index contributed by atoms with van der Waals surface area (Å²) in [5.41, 5.74) is 5.90. The molecule has 3 heterocycles. The highest BCUT2D eigenvalue weighted by Gasteiger charge is 2.28. The summed E-state index contributed by atoms with van der Waals surface area (Å²) in [6, 6.07) is 21.3. The predicted molar refractivity (Wildman–Crippen MR) is 147 cm³/mol. The van der Waals surface area contributed by atoms with E-state index in [2.05, 4.69) is 77.1 Å². The average molecular weight is 502 g/mol. The molecule has 6 rings (SSSR count). The molecule has 0 amide bonds. The molecule has 0 atom stereocenters. The number of thiazole rings is 2. The number of nitrogens with zero attached hydrogens (tertiary/aromatic N) is 5. The number of hydrogen-bond donors (Lipinski definition) is 0. The van der Waals surface area contributed by atoms with Crippen LogP contribution in [0.25, 0.3) is 20.4 Å². The lowest BCUT2D eigenvalue weighted by atomic mass is 10.2. The molecule has 1 aliphatic heterocycles. The molecule has 8 heteroatoms. The first kappa shape index (κ1) is 22.3. The van der Waals surface area contributed by atoms with E-state index in [1.165, 1.54) is 26.1 Å². The van der Waals surface area contributed by atoms with Crippen molar-refractivity contribution < 1.29 is 4.74 Å². The number of benzene rings is 3. The Labute approximate surface area is 213 Å². The smallest absolute Gasteiger partial charge is 0.188 e. The van der Waals surface area contributed by atoms with Gasteiger partial charge in [0.2, 0.25) is 0 Å². The van der Waals surface area contributed by atoms with Crippen molar-refractivity contribution in [3.63, 3.8) is 0 Å². The van der Waals surface area contributed by atoms with E-state index in [0.717, 1.165) is 53.6 Å². The predicted octanol–water partition coefficient (Wildman–Crippen LogP) is 6.23. The minimum atomic E-state index is 0.761. The highest BCUT2D eigenvalue weighted by atomic mass is 32.1. The maximum Gasteiger partial charge on any atom is 0.188 e. The quantitative estimate of drug-likeness (QED) is 0.284. The summed E-state index contributed by atoms with van der Waals surface area (Å²) in [6.45, 7) is 7.48. The Bertz CT molecular complexity index is 1410. The van der Waals surface area contributed by atoms with Crippen molar-refractivity contribution in [2.45, 2.75) is 20.4 Å². The molecule has 5 aromatic rings. The number of rotatable bonds is 5. The van der Waals surface area contributed by atoms with E-state index >= 15 is 0 Å². The van der Waals surface area contributed by atoms with E-state index < -0.39 is 0 Å². The van der Waals surface area contributed by atoms with Crippen LogP contribution in [0.3, 0.4) is 0 Å². The minimum absolute atomic E-state index is 0.761. The lowest BCUT2D eigenvalue weighted by Crippen LogP contribution is -2.55. The molecule has 0 spiro atoms. The van der Waals surface area contributed by atoms with Crippen LogP contribution in [-0.2, 0) is 6.54 Å². The van der Waals surface area contributed by atoms with Crippen molar-refractivity contribution in [3.05, 3.63) is 77.4 Å². The molecule has 6 nitrogen and oxygen atoms in total. The fourth-order valence-electron chi connectivity index (χ4n) is 4.46. The van der Waals surface area contributed by atoms with E-state index in [4.69, 9.17) is 14.7 Å². The van der Waals surface area contributed by atoms with Gasteiger partial charge in [0.05, 0.1) is 47.5 Å². The largest absolute Gasteiger partial charge is 0.497 e. The molecule has 0 bridgehead atoms. The van der Waals surface area contributed by atoms with Gasteiger partial charge in [-0.25, -0.2) is 9.97 Å². The van der Waals surface area contributed by atoms with Crippen LogP contribution in [-0.4, -0.2) is 42.0 Å². The third-order valence-corrected chi connectivity index (χ3v) is 8.41. The molecule has 35 heavy (non-hydrogen) atoms. The van der Waals surface area contributed by atoms with Gasteiger partial charge in [0.25, 0.3) is 0 Å². The second-order valence-corrected chi connectivity index (χ2v) is 11.1. The lowest BCUT2D eigenvalue weighted by molar-refractivity contribution is 0.234. The first-order valence-electron chi connectivity index (χ1n) is 11.6. The summed E-state index contributed by atoms with van der Waals surface area (Å²) in [6.07, 6.45) is 0. The van der Waals surface area contributed by atoms with Crippen molar-refractivity contribution >= 4 is 53.4 Å². The third kappa shape index (κ3) is 4.57. The summed E-state index contributed by atoms with van der Waals surface area (Å²) < 4.78 is 7.80. The monoisotopic (exact) mass is 501 g/mol. The van der Waals surface area contributed by atoms with Gasteiger partial charge in [-0.1, -0.05) is 46.9 Å². The van der Waals surface area contributed by atoms with Crippen LogP contribution in [0, 0.1) is 13.8 Å². The van der Waals surface area contributed by atoms with Crippen LogP contribution in [0.4, 0.5) is 10.3 Å². The maximum atomic E-state index is 5.34. The van der Waals surface area contributed by atoms with Crippen molar-refractivity contribution in [3.8, 4) is 5.75 Å². The van der Waals surface area contributed by atoms with Gasteiger partial charge in [-0.2, -0.15) is 0 Å². The molecule has 0 radical (unpaired) electrons. The van der Waals surface area contributed by atoms with Crippen LogP contribution >= 0.6 is 22.7 Å². The van der Waals surface area contributed by atoms with Crippen molar-refractivity contribution in [2.75, 3.05) is 36.9 Å².